The number of rotatable bonds is 1. The molecule has 3 rings (SSSR count). The van der Waals surface area contributed by atoms with Gasteiger partial charge in [-0.3, -0.25) is 4.31 Å². The highest BCUT2D eigenvalue weighted by Crippen LogP contribution is 2.31. The lowest BCUT2D eigenvalue weighted by Gasteiger charge is -2.27. The number of sulfonamides is 1. The van der Waals surface area contributed by atoms with Crippen molar-refractivity contribution in [3.05, 3.63) is 28.2 Å². The van der Waals surface area contributed by atoms with Gasteiger partial charge in [-0.25, -0.2) is 8.42 Å². The Morgan fingerprint density at radius 1 is 1.14 bits per heavy atom. The van der Waals surface area contributed by atoms with Gasteiger partial charge >= 0.3 is 0 Å². The van der Waals surface area contributed by atoms with Gasteiger partial charge in [0.05, 0.1) is 11.4 Å². The Hall–Kier alpha value is -1.21. The van der Waals surface area contributed by atoms with Gasteiger partial charge in [-0.1, -0.05) is 22.4 Å². The van der Waals surface area contributed by atoms with Gasteiger partial charge in [-0.05, 0) is 43.9 Å². The number of anilines is 1. The van der Waals surface area contributed by atoms with Crippen LogP contribution in [0.25, 0.3) is 0 Å². The third kappa shape index (κ3) is 3.10. The molecule has 2 aliphatic rings. The first kappa shape index (κ1) is 15.7. The molecule has 22 heavy (non-hydrogen) atoms. The van der Waals surface area contributed by atoms with E-state index in [1.807, 2.05) is 12.1 Å². The van der Waals surface area contributed by atoms with E-state index in [1.165, 1.54) is 10.7 Å². The number of fused-ring (bicyclic) bond motifs is 1. The SMILES string of the molecule is CN1c2ccc(Br)cc2/C(=N/N=C2CCCCC2)CS1(=O)=O. The van der Waals surface area contributed by atoms with Crippen molar-refractivity contribution in [1.82, 2.24) is 0 Å². The average Bonchev–Trinajstić information content (AvgIpc) is 2.50. The van der Waals surface area contributed by atoms with E-state index in [1.54, 1.807) is 13.1 Å². The monoisotopic (exact) mass is 383 g/mol. The molecular weight excluding hydrogens is 366 g/mol. The lowest BCUT2D eigenvalue weighted by Crippen LogP contribution is -2.38. The van der Waals surface area contributed by atoms with Crippen molar-refractivity contribution in [3.8, 4) is 0 Å². The van der Waals surface area contributed by atoms with Crippen molar-refractivity contribution < 1.29 is 8.42 Å². The number of hydrogen-bond acceptors (Lipinski definition) is 4. The van der Waals surface area contributed by atoms with E-state index in [2.05, 4.69) is 26.1 Å². The van der Waals surface area contributed by atoms with Gasteiger partial charge in [-0.2, -0.15) is 10.2 Å². The van der Waals surface area contributed by atoms with Crippen molar-refractivity contribution in [3.63, 3.8) is 0 Å². The van der Waals surface area contributed by atoms with E-state index < -0.39 is 10.0 Å². The van der Waals surface area contributed by atoms with E-state index in [4.69, 9.17) is 0 Å². The quantitative estimate of drug-likeness (QED) is 0.698. The normalized spacial score (nSPS) is 22.5. The van der Waals surface area contributed by atoms with Crippen molar-refractivity contribution in [1.29, 1.82) is 0 Å². The summed E-state index contributed by atoms with van der Waals surface area (Å²) in [4.78, 5) is 0. The van der Waals surface area contributed by atoms with Crippen LogP contribution in [0.4, 0.5) is 5.69 Å². The summed E-state index contributed by atoms with van der Waals surface area (Å²) in [6.45, 7) is 0. The lowest BCUT2D eigenvalue weighted by atomic mass is 9.99. The minimum Gasteiger partial charge on any atom is -0.272 e. The van der Waals surface area contributed by atoms with Crippen molar-refractivity contribution >= 4 is 43.1 Å². The molecule has 0 saturated heterocycles. The molecule has 1 aromatic carbocycles. The molecule has 0 N–H and O–H groups in total. The van der Waals surface area contributed by atoms with E-state index in [9.17, 15) is 8.42 Å². The van der Waals surface area contributed by atoms with Crippen LogP contribution in [0.15, 0.2) is 32.9 Å². The Labute approximate surface area is 139 Å². The van der Waals surface area contributed by atoms with Crippen molar-refractivity contribution in [2.45, 2.75) is 32.1 Å². The van der Waals surface area contributed by atoms with Crippen molar-refractivity contribution in [2.75, 3.05) is 17.1 Å². The molecule has 1 fully saturated rings. The fraction of sp³-hybridized carbons (Fsp3) is 0.467. The summed E-state index contributed by atoms with van der Waals surface area (Å²) < 4.78 is 26.8. The molecule has 0 aromatic heterocycles. The molecule has 7 heteroatoms. The first-order valence-electron chi connectivity index (χ1n) is 7.36. The van der Waals surface area contributed by atoms with Crippen LogP contribution in [-0.4, -0.2) is 32.6 Å². The first-order valence-corrected chi connectivity index (χ1v) is 9.76. The molecule has 1 aliphatic heterocycles. The zero-order chi connectivity index (χ0) is 15.7. The molecule has 1 aromatic rings. The third-order valence-electron chi connectivity index (χ3n) is 4.09. The van der Waals surface area contributed by atoms with Crippen LogP contribution in [0.2, 0.25) is 0 Å². The third-order valence-corrected chi connectivity index (χ3v) is 6.25. The lowest BCUT2D eigenvalue weighted by molar-refractivity contribution is 0.597. The minimum absolute atomic E-state index is 0.107. The zero-order valence-corrected chi connectivity index (χ0v) is 14.8. The largest absolute Gasteiger partial charge is 0.272 e. The zero-order valence-electron chi connectivity index (χ0n) is 12.4. The second-order valence-electron chi connectivity index (χ2n) is 5.66. The van der Waals surface area contributed by atoms with E-state index in [0.29, 0.717) is 11.4 Å². The number of hydrogen-bond donors (Lipinski definition) is 0. The van der Waals surface area contributed by atoms with Gasteiger partial charge < -0.3 is 0 Å². The molecule has 0 radical (unpaired) electrons. The molecule has 5 nitrogen and oxygen atoms in total. The fourth-order valence-corrected chi connectivity index (χ4v) is 4.36. The smallest absolute Gasteiger partial charge is 0.240 e. The highest BCUT2D eigenvalue weighted by Gasteiger charge is 2.31. The maximum Gasteiger partial charge on any atom is 0.240 e. The molecular formula is C15H18BrN3O2S. The van der Waals surface area contributed by atoms with Gasteiger partial charge in [0.2, 0.25) is 10.0 Å². The van der Waals surface area contributed by atoms with Crippen LogP contribution < -0.4 is 4.31 Å². The van der Waals surface area contributed by atoms with Gasteiger partial charge in [0.1, 0.15) is 5.75 Å². The van der Waals surface area contributed by atoms with Crippen molar-refractivity contribution in [2.24, 2.45) is 10.2 Å². The summed E-state index contributed by atoms with van der Waals surface area (Å²) in [5.74, 6) is -0.107. The molecule has 118 valence electrons. The second kappa shape index (κ2) is 6.12. The Kier molecular flexibility index (Phi) is 4.36. The van der Waals surface area contributed by atoms with E-state index >= 15 is 0 Å². The molecule has 0 amide bonds. The number of nitrogens with zero attached hydrogens (tertiary/aromatic N) is 3. The Morgan fingerprint density at radius 2 is 1.86 bits per heavy atom. The van der Waals surface area contributed by atoms with Crippen LogP contribution in [0.3, 0.4) is 0 Å². The molecule has 0 atom stereocenters. The van der Waals surface area contributed by atoms with E-state index in [-0.39, 0.29) is 5.75 Å². The minimum atomic E-state index is -3.37. The summed E-state index contributed by atoms with van der Waals surface area (Å²) in [7, 11) is -1.80. The molecule has 0 spiro atoms. The Bertz CT molecular complexity index is 748. The standard InChI is InChI=1S/C15H18BrN3O2S/c1-19-15-8-7-11(16)9-13(15)14(10-22(19,20)21)18-17-12-5-3-2-4-6-12/h7-9H,2-6,10H2,1H3/b18-14+. The summed E-state index contributed by atoms with van der Waals surface area (Å²) in [6, 6.07) is 5.53. The average molecular weight is 384 g/mol. The topological polar surface area (TPSA) is 62.1 Å². The number of benzene rings is 1. The number of halogens is 1. The predicted molar refractivity (Wildman–Crippen MR) is 93.4 cm³/mol. The van der Waals surface area contributed by atoms with Crippen LogP contribution in [-0.2, 0) is 10.0 Å². The second-order valence-corrected chi connectivity index (χ2v) is 8.57. The van der Waals surface area contributed by atoms with Gasteiger partial charge in [0.25, 0.3) is 0 Å². The van der Waals surface area contributed by atoms with Crippen LogP contribution in [0.5, 0.6) is 0 Å². The molecule has 1 saturated carbocycles. The highest BCUT2D eigenvalue weighted by molar-refractivity contribution is 9.10. The molecule has 0 bridgehead atoms. The van der Waals surface area contributed by atoms with E-state index in [0.717, 1.165) is 41.4 Å². The summed E-state index contributed by atoms with van der Waals surface area (Å²) in [6.07, 6.45) is 5.47. The Morgan fingerprint density at radius 3 is 2.59 bits per heavy atom. The first-order chi connectivity index (χ1) is 10.5. The highest BCUT2D eigenvalue weighted by atomic mass is 79.9. The van der Waals surface area contributed by atoms with Crippen LogP contribution >= 0.6 is 15.9 Å². The maximum absolute atomic E-state index is 12.3. The summed E-state index contributed by atoms with van der Waals surface area (Å²) >= 11 is 3.44. The Balaban J connectivity index is 2.04. The maximum atomic E-state index is 12.3. The molecule has 0 unspecified atom stereocenters. The fourth-order valence-electron chi connectivity index (χ4n) is 2.78. The van der Waals surface area contributed by atoms with Gasteiger partial charge in [0, 0.05) is 22.8 Å². The van der Waals surface area contributed by atoms with Gasteiger partial charge in [0.15, 0.2) is 0 Å². The van der Waals surface area contributed by atoms with Crippen LogP contribution in [0, 0.1) is 0 Å². The summed E-state index contributed by atoms with van der Waals surface area (Å²) in [5, 5.41) is 8.63. The molecule has 1 heterocycles. The predicted octanol–water partition coefficient (Wildman–Crippen LogP) is 3.34. The molecule has 1 aliphatic carbocycles. The van der Waals surface area contributed by atoms with Crippen LogP contribution in [0.1, 0.15) is 37.7 Å². The van der Waals surface area contributed by atoms with Gasteiger partial charge in [-0.15, -0.1) is 0 Å². The summed E-state index contributed by atoms with van der Waals surface area (Å²) in [5.41, 5.74) is 3.07.